The van der Waals surface area contributed by atoms with E-state index >= 15 is 0 Å². The summed E-state index contributed by atoms with van der Waals surface area (Å²) in [5, 5.41) is 8.03. The molecule has 0 spiro atoms. The zero-order valence-corrected chi connectivity index (χ0v) is 10.7. The van der Waals surface area contributed by atoms with Crippen LogP contribution in [0.25, 0.3) is 0 Å². The predicted octanol–water partition coefficient (Wildman–Crippen LogP) is 1.03. The van der Waals surface area contributed by atoms with Crippen LogP contribution in [0.4, 0.5) is 0 Å². The van der Waals surface area contributed by atoms with Gasteiger partial charge in [0.15, 0.2) is 0 Å². The van der Waals surface area contributed by atoms with Crippen molar-refractivity contribution in [3.05, 3.63) is 11.9 Å². The van der Waals surface area contributed by atoms with Gasteiger partial charge in [0.2, 0.25) is 0 Å². The molecule has 2 N–H and O–H groups in total. The molecule has 17 heavy (non-hydrogen) atoms. The monoisotopic (exact) mass is 238 g/mol. The largest absolute Gasteiger partial charge is 0.374 e. The van der Waals surface area contributed by atoms with Crippen molar-refractivity contribution in [1.29, 1.82) is 0 Å². The first-order valence-corrected chi connectivity index (χ1v) is 6.41. The van der Waals surface area contributed by atoms with E-state index < -0.39 is 0 Å². The van der Waals surface area contributed by atoms with Crippen molar-refractivity contribution in [3.63, 3.8) is 0 Å². The molecule has 1 aromatic heterocycles. The van der Waals surface area contributed by atoms with Crippen molar-refractivity contribution >= 4 is 0 Å². The van der Waals surface area contributed by atoms with Crippen LogP contribution in [0.3, 0.4) is 0 Å². The van der Waals surface area contributed by atoms with E-state index in [4.69, 9.17) is 10.5 Å². The predicted molar refractivity (Wildman–Crippen MR) is 65.5 cm³/mol. The second-order valence-corrected chi connectivity index (χ2v) is 4.90. The van der Waals surface area contributed by atoms with Crippen molar-refractivity contribution in [2.75, 3.05) is 6.61 Å². The lowest BCUT2D eigenvalue weighted by Crippen LogP contribution is -2.49. The molecular formula is C12H22N4O. The lowest BCUT2D eigenvalue weighted by Gasteiger charge is -2.34. The lowest BCUT2D eigenvalue weighted by atomic mass is 9.89. The molecule has 5 nitrogen and oxygen atoms in total. The summed E-state index contributed by atoms with van der Waals surface area (Å²) in [7, 11) is 1.87. The maximum absolute atomic E-state index is 6.34. The molecule has 0 bridgehead atoms. The Morgan fingerprint density at radius 1 is 1.53 bits per heavy atom. The summed E-state index contributed by atoms with van der Waals surface area (Å²) in [6.07, 6.45) is 7.25. The number of nitrogens with zero attached hydrogens (tertiary/aromatic N) is 3. The van der Waals surface area contributed by atoms with E-state index in [9.17, 15) is 0 Å². The molecule has 0 radical (unpaired) electrons. The lowest BCUT2D eigenvalue weighted by molar-refractivity contribution is -0.0526. The van der Waals surface area contributed by atoms with Crippen LogP contribution in [0.15, 0.2) is 6.20 Å². The van der Waals surface area contributed by atoms with Gasteiger partial charge < -0.3 is 10.5 Å². The summed E-state index contributed by atoms with van der Waals surface area (Å²) in [5.74, 6) is 0. The van der Waals surface area contributed by atoms with E-state index in [1.165, 1.54) is 12.8 Å². The highest BCUT2D eigenvalue weighted by molar-refractivity contribution is 5.03. The molecule has 1 aliphatic rings. The Bertz CT molecular complexity index is 357. The molecule has 1 fully saturated rings. The summed E-state index contributed by atoms with van der Waals surface area (Å²) < 4.78 is 7.66. The fourth-order valence-corrected chi connectivity index (χ4v) is 2.78. The van der Waals surface area contributed by atoms with Crippen molar-refractivity contribution in [1.82, 2.24) is 15.0 Å². The first-order chi connectivity index (χ1) is 8.16. The third-order valence-electron chi connectivity index (χ3n) is 3.64. The fraction of sp³-hybridized carbons (Fsp3) is 0.833. The summed E-state index contributed by atoms with van der Waals surface area (Å²) in [6, 6.07) is 0.0154. The van der Waals surface area contributed by atoms with Gasteiger partial charge in [-0.15, -0.1) is 5.10 Å². The standard InChI is InChI=1S/C12H22N4O/c1-3-17-12(6-4-5-7-12)11(13)8-10-9-16(2)15-14-10/h9,11H,3-8,13H2,1-2H3. The third-order valence-corrected chi connectivity index (χ3v) is 3.64. The molecule has 1 aliphatic carbocycles. The Kier molecular flexibility index (Phi) is 3.79. The van der Waals surface area contributed by atoms with Crippen LogP contribution >= 0.6 is 0 Å². The SMILES string of the molecule is CCOC1(C(N)Cc2cn(C)nn2)CCCC1. The van der Waals surface area contributed by atoms with Crippen molar-refractivity contribution in [2.24, 2.45) is 12.8 Å². The third kappa shape index (κ3) is 2.66. The molecule has 1 aromatic rings. The summed E-state index contributed by atoms with van der Waals surface area (Å²) in [5.41, 5.74) is 7.16. The van der Waals surface area contributed by atoms with Crippen LogP contribution in [-0.2, 0) is 18.2 Å². The van der Waals surface area contributed by atoms with Gasteiger partial charge in [0.1, 0.15) is 0 Å². The Morgan fingerprint density at radius 2 is 2.24 bits per heavy atom. The van der Waals surface area contributed by atoms with Gasteiger partial charge in [-0.2, -0.15) is 0 Å². The maximum atomic E-state index is 6.34. The highest BCUT2D eigenvalue weighted by Crippen LogP contribution is 2.36. The summed E-state index contributed by atoms with van der Waals surface area (Å²) in [6.45, 7) is 2.77. The molecule has 96 valence electrons. The summed E-state index contributed by atoms with van der Waals surface area (Å²) in [4.78, 5) is 0. The van der Waals surface area contributed by atoms with E-state index in [0.717, 1.165) is 31.6 Å². The molecule has 5 heteroatoms. The first-order valence-electron chi connectivity index (χ1n) is 6.41. The molecule has 1 atom stereocenters. The normalized spacial score (nSPS) is 20.6. The first kappa shape index (κ1) is 12.5. The number of hydrogen-bond donors (Lipinski definition) is 1. The van der Waals surface area contributed by atoms with Crippen LogP contribution in [0.5, 0.6) is 0 Å². The minimum absolute atomic E-state index is 0.0154. The Morgan fingerprint density at radius 3 is 2.76 bits per heavy atom. The number of rotatable bonds is 5. The molecule has 0 saturated heterocycles. The highest BCUT2D eigenvalue weighted by Gasteiger charge is 2.40. The summed E-state index contributed by atoms with van der Waals surface area (Å²) >= 11 is 0. The molecule has 1 saturated carbocycles. The molecule has 0 aromatic carbocycles. The second-order valence-electron chi connectivity index (χ2n) is 4.90. The smallest absolute Gasteiger partial charge is 0.0843 e. The van der Waals surface area contributed by atoms with Crippen molar-refractivity contribution in [3.8, 4) is 0 Å². The average molecular weight is 238 g/mol. The zero-order chi connectivity index (χ0) is 12.3. The van der Waals surface area contributed by atoms with Gasteiger partial charge in [-0.25, -0.2) is 0 Å². The second kappa shape index (κ2) is 5.14. The van der Waals surface area contributed by atoms with Crippen LogP contribution in [0.1, 0.15) is 38.3 Å². The molecule has 1 heterocycles. The van der Waals surface area contributed by atoms with E-state index in [2.05, 4.69) is 10.3 Å². The number of aryl methyl sites for hydroxylation is 1. The van der Waals surface area contributed by atoms with Gasteiger partial charge in [0, 0.05) is 32.3 Å². The number of aromatic nitrogens is 3. The van der Waals surface area contributed by atoms with Gasteiger partial charge >= 0.3 is 0 Å². The fourth-order valence-electron chi connectivity index (χ4n) is 2.78. The quantitative estimate of drug-likeness (QED) is 0.832. The molecule has 0 amide bonds. The maximum Gasteiger partial charge on any atom is 0.0843 e. The minimum Gasteiger partial charge on any atom is -0.374 e. The van der Waals surface area contributed by atoms with E-state index in [1.54, 1.807) is 4.68 Å². The topological polar surface area (TPSA) is 66.0 Å². The van der Waals surface area contributed by atoms with E-state index in [-0.39, 0.29) is 11.6 Å². The Balaban J connectivity index is 2.03. The highest BCUT2D eigenvalue weighted by atomic mass is 16.5. The molecule has 0 aliphatic heterocycles. The van der Waals surface area contributed by atoms with Gasteiger partial charge in [0.25, 0.3) is 0 Å². The van der Waals surface area contributed by atoms with Crippen LogP contribution in [-0.4, -0.2) is 33.2 Å². The van der Waals surface area contributed by atoms with E-state index in [1.807, 2.05) is 20.2 Å². The number of hydrogen-bond acceptors (Lipinski definition) is 4. The number of nitrogens with two attached hydrogens (primary N) is 1. The van der Waals surface area contributed by atoms with Gasteiger partial charge in [-0.05, 0) is 19.8 Å². The zero-order valence-electron chi connectivity index (χ0n) is 10.7. The van der Waals surface area contributed by atoms with Gasteiger partial charge in [0.05, 0.1) is 11.3 Å². The van der Waals surface area contributed by atoms with Crippen molar-refractivity contribution < 1.29 is 4.74 Å². The van der Waals surface area contributed by atoms with Gasteiger partial charge in [-0.1, -0.05) is 18.1 Å². The molecule has 2 rings (SSSR count). The molecular weight excluding hydrogens is 216 g/mol. The Labute approximate surface area is 102 Å². The van der Waals surface area contributed by atoms with Gasteiger partial charge in [-0.3, -0.25) is 4.68 Å². The Hall–Kier alpha value is -0.940. The average Bonchev–Trinajstić information content (AvgIpc) is 2.89. The van der Waals surface area contributed by atoms with Crippen molar-refractivity contribution in [2.45, 2.75) is 50.7 Å². The van der Waals surface area contributed by atoms with E-state index in [0.29, 0.717) is 0 Å². The molecule has 1 unspecified atom stereocenters. The van der Waals surface area contributed by atoms with Crippen LogP contribution in [0, 0.1) is 0 Å². The van der Waals surface area contributed by atoms with Crippen LogP contribution in [0.2, 0.25) is 0 Å². The minimum atomic E-state index is -0.133. The number of ether oxygens (including phenoxy) is 1. The van der Waals surface area contributed by atoms with Crippen LogP contribution < -0.4 is 5.73 Å².